The van der Waals surface area contributed by atoms with Crippen LogP contribution in [0, 0.1) is 0 Å². The molecule has 0 aromatic heterocycles. The molecule has 0 aliphatic carbocycles. The lowest BCUT2D eigenvalue weighted by atomic mass is 10.0. The van der Waals surface area contributed by atoms with Gasteiger partial charge in [0.2, 0.25) is 0 Å². The Kier molecular flexibility index (Phi) is 24.1. The lowest BCUT2D eigenvalue weighted by Gasteiger charge is -2.18. The molecule has 0 aromatic rings. The highest BCUT2D eigenvalue weighted by Gasteiger charge is 2.20. The molecule has 0 saturated heterocycles. The highest BCUT2D eigenvalue weighted by Crippen LogP contribution is 2.16. The Balaban J connectivity index is 1.99. The average Bonchev–Trinajstić information content (AvgIpc) is 3.49. The van der Waals surface area contributed by atoms with E-state index >= 15 is 0 Å². The SMILES string of the molecule is CCCCCCCCCCCCCCCCCCNC(=O)OC[C@@H](COC(=O)CCCN1C=CSC1)OC(=O)OC. The van der Waals surface area contributed by atoms with Crippen LogP contribution >= 0.6 is 11.8 Å². The van der Waals surface area contributed by atoms with Crippen molar-refractivity contribution in [1.82, 2.24) is 10.2 Å². The Bertz CT molecular complexity index is 708. The molecular formula is C31H56N2O7S. The van der Waals surface area contributed by atoms with Crippen LogP contribution in [0.3, 0.4) is 0 Å². The normalized spacial score (nSPS) is 13.2. The molecule has 0 radical (unpaired) electrons. The van der Waals surface area contributed by atoms with E-state index in [4.69, 9.17) is 14.2 Å². The van der Waals surface area contributed by atoms with E-state index in [1.54, 1.807) is 11.8 Å². The summed E-state index contributed by atoms with van der Waals surface area (Å²) in [4.78, 5) is 37.7. The number of hydrogen-bond acceptors (Lipinski definition) is 9. The molecule has 0 fully saturated rings. The quantitative estimate of drug-likeness (QED) is 0.0602. The first-order valence-electron chi connectivity index (χ1n) is 15.9. The summed E-state index contributed by atoms with van der Waals surface area (Å²) in [6, 6.07) is 0. The van der Waals surface area contributed by atoms with Crippen LogP contribution in [0.5, 0.6) is 0 Å². The second-order valence-electron chi connectivity index (χ2n) is 10.7. The molecule has 1 aliphatic rings. The maximum atomic E-state index is 12.0. The van der Waals surface area contributed by atoms with Gasteiger partial charge in [0, 0.05) is 25.7 Å². The van der Waals surface area contributed by atoms with Gasteiger partial charge in [-0.3, -0.25) is 4.79 Å². The zero-order valence-electron chi connectivity index (χ0n) is 25.7. The topological polar surface area (TPSA) is 103 Å². The van der Waals surface area contributed by atoms with E-state index in [-0.39, 0.29) is 19.6 Å². The zero-order valence-corrected chi connectivity index (χ0v) is 26.5. The number of thioether (sulfide) groups is 1. The zero-order chi connectivity index (χ0) is 29.8. The van der Waals surface area contributed by atoms with E-state index in [1.165, 1.54) is 97.0 Å². The van der Waals surface area contributed by atoms with Crippen LogP contribution in [0.1, 0.15) is 122 Å². The Hall–Kier alpha value is -2.10. The van der Waals surface area contributed by atoms with Crippen molar-refractivity contribution in [1.29, 1.82) is 0 Å². The Morgan fingerprint density at radius 3 is 1.90 bits per heavy atom. The third-order valence-electron chi connectivity index (χ3n) is 6.99. The fourth-order valence-corrected chi connectivity index (χ4v) is 5.27. The number of nitrogens with zero attached hydrogens (tertiary/aromatic N) is 1. The molecule has 0 aromatic carbocycles. The summed E-state index contributed by atoms with van der Waals surface area (Å²) in [7, 11) is 1.18. The fourth-order valence-electron chi connectivity index (χ4n) is 4.52. The van der Waals surface area contributed by atoms with Crippen molar-refractivity contribution in [3.8, 4) is 0 Å². The van der Waals surface area contributed by atoms with Gasteiger partial charge >= 0.3 is 18.2 Å². The third kappa shape index (κ3) is 23.2. The van der Waals surface area contributed by atoms with Crippen molar-refractivity contribution < 1.29 is 33.3 Å². The van der Waals surface area contributed by atoms with Crippen LogP contribution in [0.2, 0.25) is 0 Å². The number of carbonyl (C=O) groups excluding carboxylic acids is 3. The van der Waals surface area contributed by atoms with Gasteiger partial charge in [-0.05, 0) is 18.2 Å². The van der Waals surface area contributed by atoms with Crippen LogP contribution in [0.15, 0.2) is 11.6 Å². The fraction of sp³-hybridized carbons (Fsp3) is 0.839. The van der Waals surface area contributed by atoms with E-state index in [0.717, 1.165) is 25.3 Å². The summed E-state index contributed by atoms with van der Waals surface area (Å²) in [6.45, 7) is 3.12. The molecule has 1 N–H and O–H groups in total. The third-order valence-corrected chi connectivity index (χ3v) is 7.79. The molecule has 0 unspecified atom stereocenters. The molecule has 10 heteroatoms. The Morgan fingerprint density at radius 2 is 1.37 bits per heavy atom. The van der Waals surface area contributed by atoms with Crippen LogP contribution < -0.4 is 5.32 Å². The molecule has 1 aliphatic heterocycles. The van der Waals surface area contributed by atoms with E-state index in [2.05, 4.69) is 21.9 Å². The van der Waals surface area contributed by atoms with Crippen molar-refractivity contribution in [3.63, 3.8) is 0 Å². The first-order chi connectivity index (χ1) is 20.0. The number of amides is 1. The predicted octanol–water partition coefficient (Wildman–Crippen LogP) is 7.93. The van der Waals surface area contributed by atoms with E-state index in [1.807, 2.05) is 11.6 Å². The lowest BCUT2D eigenvalue weighted by molar-refractivity contribution is -0.148. The molecule has 1 rings (SSSR count). The summed E-state index contributed by atoms with van der Waals surface area (Å²) >= 11 is 1.71. The molecule has 1 atom stereocenters. The molecule has 238 valence electrons. The van der Waals surface area contributed by atoms with Gasteiger partial charge in [0.05, 0.1) is 13.0 Å². The van der Waals surface area contributed by atoms with Crippen molar-refractivity contribution in [2.45, 2.75) is 129 Å². The summed E-state index contributed by atoms with van der Waals surface area (Å²) < 4.78 is 20.0. The molecular weight excluding hydrogens is 544 g/mol. The standard InChI is InChI=1S/C31H56N2O7S/c1-3-4-5-6-7-8-9-10-11-12-13-14-15-16-17-18-21-32-30(35)39-26-28(40-31(36)37-2)25-38-29(34)20-19-22-33-23-24-41-27-33/h23-24,28H,3-22,25-27H2,1-2H3,(H,32,35)/t28-/m1/s1. The number of nitrogens with one attached hydrogen (secondary N) is 1. The number of alkyl carbamates (subject to hydrolysis) is 1. The van der Waals surface area contributed by atoms with Gasteiger partial charge in [0.25, 0.3) is 0 Å². The smallest absolute Gasteiger partial charge is 0.462 e. The molecule has 0 saturated carbocycles. The van der Waals surface area contributed by atoms with Crippen LogP contribution in [-0.2, 0) is 23.7 Å². The lowest BCUT2D eigenvalue weighted by Crippen LogP contribution is -2.34. The number of unbranched alkanes of at least 4 members (excludes halogenated alkanes) is 15. The van der Waals surface area contributed by atoms with Gasteiger partial charge in [-0.1, -0.05) is 103 Å². The van der Waals surface area contributed by atoms with Crippen LogP contribution in [0.25, 0.3) is 0 Å². The predicted molar refractivity (Wildman–Crippen MR) is 165 cm³/mol. The molecule has 0 bridgehead atoms. The minimum absolute atomic E-state index is 0.209. The molecule has 41 heavy (non-hydrogen) atoms. The van der Waals surface area contributed by atoms with E-state index in [0.29, 0.717) is 13.0 Å². The molecule has 9 nitrogen and oxygen atoms in total. The van der Waals surface area contributed by atoms with Crippen molar-refractivity contribution >= 4 is 30.0 Å². The summed E-state index contributed by atoms with van der Waals surface area (Å²) in [5, 5.41) is 4.74. The molecule has 1 heterocycles. The van der Waals surface area contributed by atoms with Crippen molar-refractivity contribution in [3.05, 3.63) is 11.6 Å². The molecule has 1 amide bonds. The van der Waals surface area contributed by atoms with Crippen molar-refractivity contribution in [2.24, 2.45) is 0 Å². The number of ether oxygens (including phenoxy) is 4. The minimum Gasteiger partial charge on any atom is -0.462 e. The van der Waals surface area contributed by atoms with Gasteiger partial charge in [0.15, 0.2) is 6.10 Å². The highest BCUT2D eigenvalue weighted by atomic mass is 32.2. The maximum absolute atomic E-state index is 12.0. The Labute approximate surface area is 252 Å². The van der Waals surface area contributed by atoms with Crippen molar-refractivity contribution in [2.75, 3.05) is 39.3 Å². The average molecular weight is 601 g/mol. The van der Waals surface area contributed by atoms with Crippen LogP contribution in [0.4, 0.5) is 9.59 Å². The Morgan fingerprint density at radius 1 is 0.805 bits per heavy atom. The highest BCUT2D eigenvalue weighted by molar-refractivity contribution is 8.02. The van der Waals surface area contributed by atoms with Crippen LogP contribution in [-0.4, -0.2) is 68.5 Å². The summed E-state index contributed by atoms with van der Waals surface area (Å²) in [5.74, 6) is 0.496. The van der Waals surface area contributed by atoms with E-state index in [9.17, 15) is 14.4 Å². The maximum Gasteiger partial charge on any atom is 0.508 e. The second-order valence-corrected chi connectivity index (χ2v) is 11.6. The van der Waals surface area contributed by atoms with Gasteiger partial charge in [0.1, 0.15) is 13.2 Å². The number of rotatable bonds is 26. The first kappa shape index (κ1) is 36.9. The number of hydrogen-bond donors (Lipinski definition) is 1. The minimum atomic E-state index is -0.939. The summed E-state index contributed by atoms with van der Waals surface area (Å²) in [5.41, 5.74) is 0. The number of methoxy groups -OCH3 is 1. The van der Waals surface area contributed by atoms with Gasteiger partial charge in [-0.25, -0.2) is 9.59 Å². The second kappa shape index (κ2) is 26.8. The number of esters is 1. The first-order valence-corrected chi connectivity index (χ1v) is 16.9. The van der Waals surface area contributed by atoms with E-state index < -0.39 is 24.3 Å². The molecule has 0 spiro atoms. The monoisotopic (exact) mass is 600 g/mol. The van der Waals surface area contributed by atoms with Gasteiger partial charge < -0.3 is 29.2 Å². The largest absolute Gasteiger partial charge is 0.508 e. The van der Waals surface area contributed by atoms with Gasteiger partial charge in [-0.15, -0.1) is 11.8 Å². The number of carbonyl (C=O) groups is 3. The van der Waals surface area contributed by atoms with Gasteiger partial charge in [-0.2, -0.15) is 0 Å². The summed E-state index contributed by atoms with van der Waals surface area (Å²) in [6.07, 6.45) is 21.2.